The largest absolute Gasteiger partial charge is 0.294 e. The molecule has 0 N–H and O–H groups in total. The summed E-state index contributed by atoms with van der Waals surface area (Å²) in [6, 6.07) is 16.0. The molecule has 2 aromatic carbocycles. The third kappa shape index (κ3) is 3.13. The van der Waals surface area contributed by atoms with E-state index in [0.29, 0.717) is 11.9 Å². The van der Waals surface area contributed by atoms with Crippen molar-refractivity contribution in [1.82, 2.24) is 9.55 Å². The standard InChI is InChI=1S/C20H15N3O3S/c1-13-17(15-5-3-2-4-6-15)18-19(27-13)21-12-22(20(18)24)11-14-7-9-16(10-8-14)23(25)26/h2-10,12H,11H2,1H3. The van der Waals surface area contributed by atoms with E-state index in [1.54, 1.807) is 16.7 Å². The Balaban J connectivity index is 1.80. The van der Waals surface area contributed by atoms with Gasteiger partial charge in [-0.25, -0.2) is 4.98 Å². The van der Waals surface area contributed by atoms with E-state index in [1.807, 2.05) is 37.3 Å². The van der Waals surface area contributed by atoms with Gasteiger partial charge in [0.15, 0.2) is 0 Å². The Kier molecular flexibility index (Phi) is 4.29. The summed E-state index contributed by atoms with van der Waals surface area (Å²) in [4.78, 5) is 29.7. The monoisotopic (exact) mass is 377 g/mol. The summed E-state index contributed by atoms with van der Waals surface area (Å²) in [5.41, 5.74) is 2.64. The molecule has 7 heteroatoms. The molecule has 0 aliphatic rings. The number of rotatable bonds is 4. The minimum absolute atomic E-state index is 0.0273. The molecular weight excluding hydrogens is 362 g/mol. The van der Waals surface area contributed by atoms with Crippen LogP contribution < -0.4 is 5.56 Å². The maximum absolute atomic E-state index is 13.1. The topological polar surface area (TPSA) is 78.0 Å². The van der Waals surface area contributed by atoms with E-state index < -0.39 is 4.92 Å². The number of non-ortho nitro benzene ring substituents is 1. The molecule has 0 bridgehead atoms. The predicted molar refractivity (Wildman–Crippen MR) is 106 cm³/mol. The van der Waals surface area contributed by atoms with Gasteiger partial charge in [-0.15, -0.1) is 11.3 Å². The van der Waals surface area contributed by atoms with Crippen LogP contribution in [0.15, 0.2) is 65.7 Å². The summed E-state index contributed by atoms with van der Waals surface area (Å²) in [6.45, 7) is 2.30. The number of nitro benzene ring substituents is 1. The first-order chi connectivity index (χ1) is 13.0. The first-order valence-corrected chi connectivity index (χ1v) is 9.13. The molecule has 0 unspecified atom stereocenters. The quantitative estimate of drug-likeness (QED) is 0.390. The first kappa shape index (κ1) is 17.1. The van der Waals surface area contributed by atoms with Gasteiger partial charge in [0.1, 0.15) is 4.83 Å². The Morgan fingerprint density at radius 2 is 1.81 bits per heavy atom. The maximum atomic E-state index is 13.1. The second-order valence-electron chi connectivity index (χ2n) is 6.18. The van der Waals surface area contributed by atoms with E-state index in [0.717, 1.165) is 26.4 Å². The van der Waals surface area contributed by atoms with E-state index >= 15 is 0 Å². The third-order valence-electron chi connectivity index (χ3n) is 4.42. The number of thiophene rings is 1. The second kappa shape index (κ2) is 6.77. The molecule has 27 heavy (non-hydrogen) atoms. The summed E-state index contributed by atoms with van der Waals surface area (Å²) < 4.78 is 1.54. The van der Waals surface area contributed by atoms with Crippen LogP contribution in [-0.4, -0.2) is 14.5 Å². The fraction of sp³-hybridized carbons (Fsp3) is 0.100. The van der Waals surface area contributed by atoms with Crippen LogP contribution in [-0.2, 0) is 6.54 Å². The number of hydrogen-bond donors (Lipinski definition) is 0. The van der Waals surface area contributed by atoms with Crippen LogP contribution in [0.25, 0.3) is 21.3 Å². The number of nitro groups is 1. The molecule has 0 aliphatic heterocycles. The van der Waals surface area contributed by atoms with Crippen LogP contribution in [0.5, 0.6) is 0 Å². The van der Waals surface area contributed by atoms with Crippen LogP contribution in [0.4, 0.5) is 5.69 Å². The van der Waals surface area contributed by atoms with Crippen molar-refractivity contribution in [2.45, 2.75) is 13.5 Å². The number of benzene rings is 2. The minimum atomic E-state index is -0.441. The van der Waals surface area contributed by atoms with Crippen LogP contribution >= 0.6 is 11.3 Å². The van der Waals surface area contributed by atoms with E-state index in [2.05, 4.69) is 4.98 Å². The van der Waals surface area contributed by atoms with Gasteiger partial charge in [0.25, 0.3) is 11.2 Å². The normalized spacial score (nSPS) is 11.0. The minimum Gasteiger partial charge on any atom is -0.294 e. The zero-order chi connectivity index (χ0) is 19.0. The highest BCUT2D eigenvalue weighted by atomic mass is 32.1. The number of hydrogen-bond acceptors (Lipinski definition) is 5. The molecule has 0 spiro atoms. The molecule has 0 fully saturated rings. The molecule has 2 aromatic heterocycles. The molecule has 0 radical (unpaired) electrons. The lowest BCUT2D eigenvalue weighted by molar-refractivity contribution is -0.384. The van der Waals surface area contributed by atoms with Crippen molar-refractivity contribution in [3.63, 3.8) is 0 Å². The zero-order valence-electron chi connectivity index (χ0n) is 14.5. The van der Waals surface area contributed by atoms with Crippen molar-refractivity contribution in [1.29, 1.82) is 0 Å². The number of fused-ring (bicyclic) bond motifs is 1. The summed E-state index contributed by atoms with van der Waals surface area (Å²) in [5, 5.41) is 11.4. The average Bonchev–Trinajstić information content (AvgIpc) is 3.02. The molecule has 0 atom stereocenters. The summed E-state index contributed by atoms with van der Waals surface area (Å²) >= 11 is 1.51. The first-order valence-electron chi connectivity index (χ1n) is 8.32. The SMILES string of the molecule is Cc1sc2ncn(Cc3ccc([N+](=O)[O-])cc3)c(=O)c2c1-c1ccccc1. The summed E-state index contributed by atoms with van der Waals surface area (Å²) in [6.07, 6.45) is 1.54. The van der Waals surface area contributed by atoms with Crippen molar-refractivity contribution in [2.75, 3.05) is 0 Å². The van der Waals surface area contributed by atoms with Gasteiger partial charge in [-0.3, -0.25) is 19.5 Å². The number of aryl methyl sites for hydroxylation is 1. The lowest BCUT2D eigenvalue weighted by Gasteiger charge is -2.07. The van der Waals surface area contributed by atoms with E-state index in [1.165, 1.54) is 29.8 Å². The van der Waals surface area contributed by atoms with Crippen molar-refractivity contribution < 1.29 is 4.92 Å². The molecule has 0 amide bonds. The van der Waals surface area contributed by atoms with Crippen LogP contribution in [0.1, 0.15) is 10.4 Å². The van der Waals surface area contributed by atoms with Gasteiger partial charge in [0.05, 0.1) is 23.2 Å². The third-order valence-corrected chi connectivity index (χ3v) is 5.43. The van der Waals surface area contributed by atoms with E-state index in [-0.39, 0.29) is 11.2 Å². The highest BCUT2D eigenvalue weighted by Gasteiger charge is 2.17. The molecule has 4 rings (SSSR count). The zero-order valence-corrected chi connectivity index (χ0v) is 15.3. The van der Waals surface area contributed by atoms with Gasteiger partial charge >= 0.3 is 0 Å². The average molecular weight is 377 g/mol. The Hall–Kier alpha value is -3.32. The second-order valence-corrected chi connectivity index (χ2v) is 7.38. The summed E-state index contributed by atoms with van der Waals surface area (Å²) in [5.74, 6) is 0. The van der Waals surface area contributed by atoms with Gasteiger partial charge in [-0.05, 0) is 18.1 Å². The maximum Gasteiger partial charge on any atom is 0.269 e. The fourth-order valence-corrected chi connectivity index (χ4v) is 4.13. The van der Waals surface area contributed by atoms with Crippen molar-refractivity contribution in [3.05, 3.63) is 91.8 Å². The Morgan fingerprint density at radius 3 is 2.48 bits per heavy atom. The van der Waals surface area contributed by atoms with Crippen molar-refractivity contribution in [3.8, 4) is 11.1 Å². The molecule has 0 aliphatic carbocycles. The Bertz CT molecular complexity index is 1200. The highest BCUT2D eigenvalue weighted by Crippen LogP contribution is 2.35. The molecule has 2 heterocycles. The van der Waals surface area contributed by atoms with Gasteiger partial charge in [-0.2, -0.15) is 0 Å². The highest BCUT2D eigenvalue weighted by molar-refractivity contribution is 7.19. The van der Waals surface area contributed by atoms with Gasteiger partial charge in [0.2, 0.25) is 0 Å². The van der Waals surface area contributed by atoms with Crippen LogP contribution in [0, 0.1) is 17.0 Å². The lowest BCUT2D eigenvalue weighted by atomic mass is 10.0. The molecule has 0 saturated heterocycles. The van der Waals surface area contributed by atoms with Gasteiger partial charge in [0, 0.05) is 22.6 Å². The van der Waals surface area contributed by atoms with Crippen molar-refractivity contribution >= 4 is 27.2 Å². The van der Waals surface area contributed by atoms with Crippen LogP contribution in [0.3, 0.4) is 0 Å². The smallest absolute Gasteiger partial charge is 0.269 e. The van der Waals surface area contributed by atoms with Crippen molar-refractivity contribution in [2.24, 2.45) is 0 Å². The molecule has 0 saturated carbocycles. The fourth-order valence-electron chi connectivity index (χ4n) is 3.12. The molecule has 134 valence electrons. The predicted octanol–water partition coefficient (Wildman–Crippen LogP) is 4.39. The Morgan fingerprint density at radius 1 is 1.11 bits per heavy atom. The lowest BCUT2D eigenvalue weighted by Crippen LogP contribution is -2.21. The summed E-state index contributed by atoms with van der Waals surface area (Å²) in [7, 11) is 0. The van der Waals surface area contributed by atoms with Crippen LogP contribution in [0.2, 0.25) is 0 Å². The molecular formula is C20H15N3O3S. The Labute approximate surface area is 158 Å². The van der Waals surface area contributed by atoms with E-state index in [9.17, 15) is 14.9 Å². The molecule has 6 nitrogen and oxygen atoms in total. The molecule has 4 aromatic rings. The number of aromatic nitrogens is 2. The van der Waals surface area contributed by atoms with E-state index in [4.69, 9.17) is 0 Å². The van der Waals surface area contributed by atoms with Gasteiger partial charge < -0.3 is 0 Å². The van der Waals surface area contributed by atoms with Gasteiger partial charge in [-0.1, -0.05) is 42.5 Å². The number of nitrogens with zero attached hydrogens (tertiary/aromatic N) is 3.